The zero-order chi connectivity index (χ0) is 11.5. The highest BCUT2D eigenvalue weighted by molar-refractivity contribution is 7.84. The number of hydrogen-bond acceptors (Lipinski definition) is 4. The molecule has 1 rings (SSSR count). The van der Waals surface area contributed by atoms with E-state index in [1.165, 1.54) is 26.2 Å². The van der Waals surface area contributed by atoms with E-state index in [1.54, 1.807) is 12.1 Å². The maximum atomic E-state index is 11.4. The Labute approximate surface area is 88.8 Å². The third-order valence-corrected chi connectivity index (χ3v) is 2.93. The van der Waals surface area contributed by atoms with E-state index >= 15 is 0 Å². The Morgan fingerprint density at radius 1 is 1.33 bits per heavy atom. The van der Waals surface area contributed by atoms with Crippen LogP contribution in [0.1, 0.15) is 5.56 Å². The molecule has 15 heavy (non-hydrogen) atoms. The van der Waals surface area contributed by atoms with Crippen molar-refractivity contribution in [2.75, 3.05) is 14.1 Å². The molecule has 0 unspecified atom stereocenters. The lowest BCUT2D eigenvalue weighted by molar-refractivity contribution is 0.421. The molecule has 1 aromatic carbocycles. The van der Waals surface area contributed by atoms with E-state index in [9.17, 15) is 8.42 Å². The van der Waals surface area contributed by atoms with Crippen LogP contribution < -0.4 is 4.18 Å². The SMILES string of the molecule is CN(C)S(=O)(=O)Oc1ccccc1C#N. The maximum absolute atomic E-state index is 11.4. The third-order valence-electron chi connectivity index (χ3n) is 1.65. The molecule has 0 aliphatic rings. The van der Waals surface area contributed by atoms with Crippen LogP contribution in [-0.2, 0) is 10.3 Å². The smallest absolute Gasteiger partial charge is 0.369 e. The zero-order valence-electron chi connectivity index (χ0n) is 8.34. The molecule has 0 atom stereocenters. The normalized spacial score (nSPS) is 11.1. The van der Waals surface area contributed by atoms with Crippen molar-refractivity contribution < 1.29 is 12.6 Å². The molecule has 0 radical (unpaired) electrons. The van der Waals surface area contributed by atoms with Crippen LogP contribution in [0.5, 0.6) is 5.75 Å². The molecule has 1 aromatic rings. The van der Waals surface area contributed by atoms with Crippen LogP contribution >= 0.6 is 0 Å². The van der Waals surface area contributed by atoms with E-state index in [-0.39, 0.29) is 11.3 Å². The summed E-state index contributed by atoms with van der Waals surface area (Å²) >= 11 is 0. The fourth-order valence-corrected chi connectivity index (χ4v) is 1.34. The van der Waals surface area contributed by atoms with Crippen molar-refractivity contribution in [1.82, 2.24) is 4.31 Å². The van der Waals surface area contributed by atoms with Gasteiger partial charge in [0.25, 0.3) is 0 Å². The second kappa shape index (κ2) is 4.29. The summed E-state index contributed by atoms with van der Waals surface area (Å²) in [6.45, 7) is 0. The second-order valence-corrected chi connectivity index (χ2v) is 4.68. The Morgan fingerprint density at radius 3 is 2.47 bits per heavy atom. The van der Waals surface area contributed by atoms with Gasteiger partial charge in [-0.1, -0.05) is 12.1 Å². The van der Waals surface area contributed by atoms with Crippen molar-refractivity contribution in [3.8, 4) is 11.8 Å². The summed E-state index contributed by atoms with van der Waals surface area (Å²) in [6.07, 6.45) is 0. The van der Waals surface area contributed by atoms with Gasteiger partial charge in [-0.3, -0.25) is 0 Å². The minimum Gasteiger partial charge on any atom is -0.369 e. The van der Waals surface area contributed by atoms with Crippen molar-refractivity contribution in [3.63, 3.8) is 0 Å². The molecular weight excluding hydrogens is 216 g/mol. The molecule has 6 heteroatoms. The van der Waals surface area contributed by atoms with E-state index in [4.69, 9.17) is 9.44 Å². The summed E-state index contributed by atoms with van der Waals surface area (Å²) in [5.41, 5.74) is 0.183. The number of hydrogen-bond donors (Lipinski definition) is 0. The molecule has 0 fully saturated rings. The van der Waals surface area contributed by atoms with Crippen molar-refractivity contribution in [2.45, 2.75) is 0 Å². The van der Waals surface area contributed by atoms with Crippen molar-refractivity contribution in [1.29, 1.82) is 5.26 Å². The Morgan fingerprint density at radius 2 is 1.93 bits per heavy atom. The fourth-order valence-electron chi connectivity index (χ4n) is 0.820. The van der Waals surface area contributed by atoms with Gasteiger partial charge in [-0.25, -0.2) is 0 Å². The lowest BCUT2D eigenvalue weighted by Crippen LogP contribution is -2.27. The largest absolute Gasteiger partial charge is 0.384 e. The van der Waals surface area contributed by atoms with E-state index in [0.717, 1.165) is 4.31 Å². The Hall–Kier alpha value is -1.58. The second-order valence-electron chi connectivity index (χ2n) is 2.93. The van der Waals surface area contributed by atoms with Gasteiger partial charge in [0.15, 0.2) is 5.75 Å². The van der Waals surface area contributed by atoms with Gasteiger partial charge in [0.1, 0.15) is 6.07 Å². The highest BCUT2D eigenvalue weighted by Gasteiger charge is 2.17. The summed E-state index contributed by atoms with van der Waals surface area (Å²) in [5.74, 6) is 0.0358. The van der Waals surface area contributed by atoms with Crippen LogP contribution in [0.25, 0.3) is 0 Å². The first-order valence-corrected chi connectivity index (χ1v) is 5.45. The van der Waals surface area contributed by atoms with Crippen molar-refractivity contribution in [3.05, 3.63) is 29.8 Å². The predicted octanol–water partition coefficient (Wildman–Crippen LogP) is 0.743. The number of rotatable bonds is 3. The number of nitrogens with zero attached hydrogens (tertiary/aromatic N) is 2. The lowest BCUT2D eigenvalue weighted by Gasteiger charge is -2.12. The van der Waals surface area contributed by atoms with Gasteiger partial charge in [0, 0.05) is 14.1 Å². The molecule has 0 aromatic heterocycles. The van der Waals surface area contributed by atoms with E-state index in [0.29, 0.717) is 0 Å². The lowest BCUT2D eigenvalue weighted by atomic mass is 10.2. The summed E-state index contributed by atoms with van der Waals surface area (Å²) in [6, 6.07) is 8.00. The molecule has 0 amide bonds. The molecular formula is C9H10N2O3S. The van der Waals surface area contributed by atoms with E-state index in [1.807, 2.05) is 6.07 Å². The van der Waals surface area contributed by atoms with E-state index < -0.39 is 10.3 Å². The number of para-hydroxylation sites is 1. The van der Waals surface area contributed by atoms with Crippen LogP contribution in [-0.4, -0.2) is 26.8 Å². The van der Waals surface area contributed by atoms with Gasteiger partial charge in [0.2, 0.25) is 0 Å². The predicted molar refractivity (Wildman–Crippen MR) is 54.4 cm³/mol. The van der Waals surface area contributed by atoms with Crippen LogP contribution in [0.3, 0.4) is 0 Å². The minimum absolute atomic E-state index is 0.0358. The Bertz CT molecular complexity index is 488. The Kier molecular flexibility index (Phi) is 3.29. The Balaban J connectivity index is 3.06. The monoisotopic (exact) mass is 226 g/mol. The standard InChI is InChI=1S/C9H10N2O3S/c1-11(2)15(12,13)14-9-6-4-3-5-8(9)7-10/h3-6H,1-2H3. The average molecular weight is 226 g/mol. The first-order chi connectivity index (χ1) is 6.97. The molecule has 0 saturated carbocycles. The number of nitriles is 1. The summed E-state index contributed by atoms with van der Waals surface area (Å²) in [4.78, 5) is 0. The van der Waals surface area contributed by atoms with E-state index in [2.05, 4.69) is 0 Å². The topological polar surface area (TPSA) is 70.4 Å². The van der Waals surface area contributed by atoms with Crippen molar-refractivity contribution in [2.24, 2.45) is 0 Å². The van der Waals surface area contributed by atoms with Gasteiger partial charge >= 0.3 is 10.3 Å². The van der Waals surface area contributed by atoms with Gasteiger partial charge < -0.3 is 4.18 Å². The quantitative estimate of drug-likeness (QED) is 0.762. The fraction of sp³-hybridized carbons (Fsp3) is 0.222. The minimum atomic E-state index is -3.80. The molecule has 0 heterocycles. The molecule has 80 valence electrons. The molecule has 0 spiro atoms. The van der Waals surface area contributed by atoms with Crippen LogP contribution in [0, 0.1) is 11.3 Å². The van der Waals surface area contributed by atoms with Gasteiger partial charge in [-0.2, -0.15) is 18.0 Å². The summed E-state index contributed by atoms with van der Waals surface area (Å²) < 4.78 is 28.4. The zero-order valence-corrected chi connectivity index (χ0v) is 9.15. The average Bonchev–Trinajstić information content (AvgIpc) is 2.18. The van der Waals surface area contributed by atoms with Crippen molar-refractivity contribution >= 4 is 10.3 Å². The summed E-state index contributed by atoms with van der Waals surface area (Å²) in [7, 11) is -1.10. The number of benzene rings is 1. The molecule has 0 N–H and O–H groups in total. The summed E-state index contributed by atoms with van der Waals surface area (Å²) in [5, 5.41) is 8.72. The van der Waals surface area contributed by atoms with Crippen LogP contribution in [0.15, 0.2) is 24.3 Å². The van der Waals surface area contributed by atoms with Gasteiger partial charge in [0.05, 0.1) is 5.56 Å². The van der Waals surface area contributed by atoms with Crippen LogP contribution in [0.2, 0.25) is 0 Å². The molecule has 0 aliphatic heterocycles. The molecule has 0 aliphatic carbocycles. The van der Waals surface area contributed by atoms with Gasteiger partial charge in [-0.05, 0) is 12.1 Å². The maximum Gasteiger partial charge on any atom is 0.384 e. The van der Waals surface area contributed by atoms with Crippen LogP contribution in [0.4, 0.5) is 0 Å². The highest BCUT2D eigenvalue weighted by Crippen LogP contribution is 2.19. The van der Waals surface area contributed by atoms with Gasteiger partial charge in [-0.15, -0.1) is 0 Å². The first-order valence-electron chi connectivity index (χ1n) is 4.08. The molecule has 5 nitrogen and oxygen atoms in total. The highest BCUT2D eigenvalue weighted by atomic mass is 32.2. The molecule has 0 saturated heterocycles. The molecule has 0 bridgehead atoms. The first kappa shape index (κ1) is 11.5. The third kappa shape index (κ3) is 2.68.